The Morgan fingerprint density at radius 3 is 2.88 bits per heavy atom. The van der Waals surface area contributed by atoms with Gasteiger partial charge in [0.15, 0.2) is 0 Å². The van der Waals surface area contributed by atoms with Crippen LogP contribution in [0.25, 0.3) is 5.78 Å². The Hall–Kier alpha value is -1.69. The van der Waals surface area contributed by atoms with Gasteiger partial charge >= 0.3 is 0 Å². The first kappa shape index (κ1) is 11.8. The van der Waals surface area contributed by atoms with Crippen molar-refractivity contribution >= 4 is 11.6 Å². The average molecular weight is 234 g/mol. The van der Waals surface area contributed by atoms with Crippen molar-refractivity contribution in [2.45, 2.75) is 26.8 Å². The van der Waals surface area contributed by atoms with Gasteiger partial charge in [-0.2, -0.15) is 14.6 Å². The zero-order chi connectivity index (χ0) is 12.4. The minimum atomic E-state index is 0.354. The highest BCUT2D eigenvalue weighted by Crippen LogP contribution is 2.17. The number of nitrogens with zero attached hydrogens (tertiary/aromatic N) is 5. The minimum Gasteiger partial charge on any atom is -0.353 e. The van der Waals surface area contributed by atoms with Crippen LogP contribution in [0.1, 0.15) is 19.5 Å². The first-order valence-corrected chi connectivity index (χ1v) is 5.77. The topological polar surface area (TPSA) is 72.3 Å². The lowest BCUT2D eigenvalue weighted by Gasteiger charge is -2.28. The SMILES string of the molecule is Cc1cc(N(CCN)C(C)C)n2ncnc2n1. The minimum absolute atomic E-state index is 0.354. The highest BCUT2D eigenvalue weighted by Gasteiger charge is 2.15. The molecule has 0 atom stereocenters. The lowest BCUT2D eigenvalue weighted by Crippen LogP contribution is -2.36. The molecule has 0 amide bonds. The molecule has 0 radical (unpaired) electrons. The second kappa shape index (κ2) is 4.67. The number of aryl methyl sites for hydroxylation is 1. The standard InChI is InChI=1S/C11H18N6/c1-8(2)16(5-4-12)10-6-9(3)15-11-13-7-14-17(10)11/h6-8H,4-5,12H2,1-3H3. The third-order valence-corrected chi connectivity index (χ3v) is 2.65. The molecule has 2 rings (SSSR count). The van der Waals surface area contributed by atoms with Crippen LogP contribution in [0.2, 0.25) is 0 Å². The summed E-state index contributed by atoms with van der Waals surface area (Å²) in [6.07, 6.45) is 1.52. The Morgan fingerprint density at radius 2 is 2.24 bits per heavy atom. The second-order valence-corrected chi connectivity index (χ2v) is 4.30. The van der Waals surface area contributed by atoms with Gasteiger partial charge in [0.25, 0.3) is 5.78 Å². The fourth-order valence-corrected chi connectivity index (χ4v) is 1.89. The van der Waals surface area contributed by atoms with Crippen molar-refractivity contribution in [2.75, 3.05) is 18.0 Å². The highest BCUT2D eigenvalue weighted by molar-refractivity contribution is 5.47. The molecule has 2 aromatic rings. The van der Waals surface area contributed by atoms with E-state index in [1.165, 1.54) is 6.33 Å². The Labute approximate surface area is 100 Å². The van der Waals surface area contributed by atoms with Gasteiger partial charge in [0.1, 0.15) is 12.1 Å². The Balaban J connectivity index is 2.54. The molecule has 2 N–H and O–H groups in total. The second-order valence-electron chi connectivity index (χ2n) is 4.30. The summed E-state index contributed by atoms with van der Waals surface area (Å²) < 4.78 is 1.75. The molecule has 2 heterocycles. The average Bonchev–Trinajstić information content (AvgIpc) is 2.72. The maximum Gasteiger partial charge on any atom is 0.254 e. The van der Waals surface area contributed by atoms with Crippen molar-refractivity contribution < 1.29 is 0 Å². The molecule has 0 bridgehead atoms. The summed E-state index contributed by atoms with van der Waals surface area (Å²) in [7, 11) is 0. The number of aromatic nitrogens is 4. The van der Waals surface area contributed by atoms with E-state index in [0.29, 0.717) is 18.4 Å². The molecule has 0 aromatic carbocycles. The monoisotopic (exact) mass is 234 g/mol. The predicted octanol–water partition coefficient (Wildman–Crippen LogP) is 0.606. The lowest BCUT2D eigenvalue weighted by molar-refractivity contribution is 0.660. The van der Waals surface area contributed by atoms with Crippen LogP contribution in [0.3, 0.4) is 0 Å². The van der Waals surface area contributed by atoms with Crippen LogP contribution in [-0.2, 0) is 0 Å². The van der Waals surface area contributed by atoms with E-state index in [4.69, 9.17) is 5.73 Å². The van der Waals surface area contributed by atoms with Crippen LogP contribution in [0.15, 0.2) is 12.4 Å². The highest BCUT2D eigenvalue weighted by atomic mass is 15.4. The summed E-state index contributed by atoms with van der Waals surface area (Å²) in [4.78, 5) is 10.7. The molecule has 0 spiro atoms. The molecule has 0 aliphatic carbocycles. The van der Waals surface area contributed by atoms with Crippen LogP contribution < -0.4 is 10.6 Å². The maximum atomic E-state index is 5.66. The van der Waals surface area contributed by atoms with E-state index in [2.05, 4.69) is 33.8 Å². The van der Waals surface area contributed by atoms with Crippen LogP contribution >= 0.6 is 0 Å². The van der Waals surface area contributed by atoms with Crippen molar-refractivity contribution in [3.8, 4) is 0 Å². The van der Waals surface area contributed by atoms with Gasteiger partial charge in [-0.15, -0.1) is 0 Å². The summed E-state index contributed by atoms with van der Waals surface area (Å²) in [5, 5.41) is 4.21. The largest absolute Gasteiger partial charge is 0.353 e. The van der Waals surface area contributed by atoms with E-state index in [1.807, 2.05) is 13.0 Å². The molecule has 0 fully saturated rings. The van der Waals surface area contributed by atoms with E-state index >= 15 is 0 Å². The molecular formula is C11H18N6. The van der Waals surface area contributed by atoms with Gasteiger partial charge < -0.3 is 10.6 Å². The molecule has 6 nitrogen and oxygen atoms in total. The zero-order valence-corrected chi connectivity index (χ0v) is 10.5. The Morgan fingerprint density at radius 1 is 1.47 bits per heavy atom. The van der Waals surface area contributed by atoms with Gasteiger partial charge in [-0.3, -0.25) is 0 Å². The summed E-state index contributed by atoms with van der Waals surface area (Å²) in [6, 6.07) is 2.37. The summed E-state index contributed by atoms with van der Waals surface area (Å²) >= 11 is 0. The van der Waals surface area contributed by atoms with Crippen molar-refractivity contribution in [3.05, 3.63) is 18.1 Å². The van der Waals surface area contributed by atoms with E-state index in [-0.39, 0.29) is 0 Å². The lowest BCUT2D eigenvalue weighted by atomic mass is 10.3. The summed E-state index contributed by atoms with van der Waals surface area (Å²) in [5.74, 6) is 1.62. The molecule has 0 aliphatic heterocycles. The van der Waals surface area contributed by atoms with Crippen LogP contribution in [0.4, 0.5) is 5.82 Å². The first-order chi connectivity index (χ1) is 8.13. The third kappa shape index (κ3) is 2.21. The van der Waals surface area contributed by atoms with Crippen LogP contribution in [0, 0.1) is 6.92 Å². The molecular weight excluding hydrogens is 216 g/mol. The normalized spacial score (nSPS) is 11.4. The van der Waals surface area contributed by atoms with Crippen molar-refractivity contribution in [1.82, 2.24) is 19.6 Å². The van der Waals surface area contributed by atoms with Gasteiger partial charge in [-0.1, -0.05) is 0 Å². The van der Waals surface area contributed by atoms with Crippen molar-refractivity contribution in [2.24, 2.45) is 5.73 Å². The number of rotatable bonds is 4. The molecule has 6 heteroatoms. The molecule has 0 aliphatic rings. The van der Waals surface area contributed by atoms with E-state index < -0.39 is 0 Å². The van der Waals surface area contributed by atoms with Crippen molar-refractivity contribution in [1.29, 1.82) is 0 Å². The van der Waals surface area contributed by atoms with Crippen molar-refractivity contribution in [3.63, 3.8) is 0 Å². The first-order valence-electron chi connectivity index (χ1n) is 5.77. The number of anilines is 1. The van der Waals surface area contributed by atoms with E-state index in [9.17, 15) is 0 Å². The maximum absolute atomic E-state index is 5.66. The third-order valence-electron chi connectivity index (χ3n) is 2.65. The zero-order valence-electron chi connectivity index (χ0n) is 10.5. The number of hydrogen-bond donors (Lipinski definition) is 1. The quantitative estimate of drug-likeness (QED) is 0.839. The molecule has 0 saturated carbocycles. The number of nitrogens with two attached hydrogens (primary N) is 1. The Kier molecular flexibility index (Phi) is 3.23. The van der Waals surface area contributed by atoms with E-state index in [0.717, 1.165) is 18.1 Å². The van der Waals surface area contributed by atoms with E-state index in [1.54, 1.807) is 4.52 Å². The fraction of sp³-hybridized carbons (Fsp3) is 0.545. The van der Waals surface area contributed by atoms with Crippen LogP contribution in [0.5, 0.6) is 0 Å². The Bertz CT molecular complexity index is 504. The predicted molar refractivity (Wildman–Crippen MR) is 67.1 cm³/mol. The van der Waals surface area contributed by atoms with Gasteiger partial charge in [0.2, 0.25) is 0 Å². The molecule has 17 heavy (non-hydrogen) atoms. The smallest absolute Gasteiger partial charge is 0.254 e. The number of hydrogen-bond acceptors (Lipinski definition) is 5. The summed E-state index contributed by atoms with van der Waals surface area (Å²) in [5.41, 5.74) is 6.59. The summed E-state index contributed by atoms with van der Waals surface area (Å²) in [6.45, 7) is 7.62. The molecule has 2 aromatic heterocycles. The number of fused-ring (bicyclic) bond motifs is 1. The fourth-order valence-electron chi connectivity index (χ4n) is 1.89. The molecule has 92 valence electrons. The van der Waals surface area contributed by atoms with Gasteiger partial charge in [0, 0.05) is 30.9 Å². The van der Waals surface area contributed by atoms with Gasteiger partial charge in [-0.05, 0) is 20.8 Å². The molecule has 0 saturated heterocycles. The molecule has 0 unspecified atom stereocenters. The van der Waals surface area contributed by atoms with Gasteiger partial charge in [0.05, 0.1) is 0 Å². The van der Waals surface area contributed by atoms with Gasteiger partial charge in [-0.25, -0.2) is 4.98 Å². The van der Waals surface area contributed by atoms with Crippen LogP contribution in [-0.4, -0.2) is 38.7 Å².